The number of nitrogens with one attached hydrogen (secondary N) is 2. The van der Waals surface area contributed by atoms with Gasteiger partial charge in [-0.15, -0.1) is 0 Å². The number of allylic oxidation sites excluding steroid dienone is 2. The molecule has 0 radical (unpaired) electrons. The van der Waals surface area contributed by atoms with E-state index in [0.29, 0.717) is 18.0 Å². The normalized spacial score (nSPS) is 19.0. The standard InChI is InChI=1S/C14H20N4O3/c1-18-9-11(8-16-18)12(13(19)20)17-14(21)15-7-10-5-3-2-4-6-10/h2-3,8-10,12H,4-7H2,1H3,(H,19,20)(H2,15,17,21). The largest absolute Gasteiger partial charge is 0.479 e. The van der Waals surface area contributed by atoms with E-state index in [9.17, 15) is 14.7 Å². The second kappa shape index (κ2) is 6.92. The molecular weight excluding hydrogens is 272 g/mol. The van der Waals surface area contributed by atoms with Crippen LogP contribution in [0.2, 0.25) is 0 Å². The van der Waals surface area contributed by atoms with Gasteiger partial charge in [0.15, 0.2) is 6.04 Å². The fourth-order valence-corrected chi connectivity index (χ4v) is 2.34. The van der Waals surface area contributed by atoms with Gasteiger partial charge in [0, 0.05) is 25.4 Å². The van der Waals surface area contributed by atoms with Gasteiger partial charge in [0.1, 0.15) is 0 Å². The Kier molecular flexibility index (Phi) is 4.97. The molecule has 0 bridgehead atoms. The molecule has 7 nitrogen and oxygen atoms in total. The molecule has 2 rings (SSSR count). The summed E-state index contributed by atoms with van der Waals surface area (Å²) in [5.41, 5.74) is 0.445. The van der Waals surface area contributed by atoms with Crippen molar-refractivity contribution in [2.45, 2.75) is 25.3 Å². The molecule has 0 spiro atoms. The topological polar surface area (TPSA) is 96.2 Å². The maximum atomic E-state index is 11.8. The van der Waals surface area contributed by atoms with Crippen LogP contribution >= 0.6 is 0 Å². The Hall–Kier alpha value is -2.31. The van der Waals surface area contributed by atoms with Gasteiger partial charge >= 0.3 is 12.0 Å². The number of carbonyl (C=O) groups excluding carboxylic acids is 1. The third-order valence-electron chi connectivity index (χ3n) is 3.51. The van der Waals surface area contributed by atoms with E-state index in [1.54, 1.807) is 13.2 Å². The molecule has 0 saturated carbocycles. The van der Waals surface area contributed by atoms with Crippen molar-refractivity contribution in [3.05, 3.63) is 30.1 Å². The summed E-state index contributed by atoms with van der Waals surface area (Å²) in [6, 6.07) is -1.56. The zero-order valence-corrected chi connectivity index (χ0v) is 12.0. The molecule has 7 heteroatoms. The van der Waals surface area contributed by atoms with E-state index in [0.717, 1.165) is 19.3 Å². The first-order valence-corrected chi connectivity index (χ1v) is 6.97. The predicted octanol–water partition coefficient (Wildman–Crippen LogP) is 1.20. The summed E-state index contributed by atoms with van der Waals surface area (Å²) in [5, 5.41) is 18.3. The highest BCUT2D eigenvalue weighted by Crippen LogP contribution is 2.17. The number of carboxylic acids is 1. The van der Waals surface area contributed by atoms with Crippen molar-refractivity contribution >= 4 is 12.0 Å². The second-order valence-corrected chi connectivity index (χ2v) is 5.22. The van der Waals surface area contributed by atoms with E-state index in [1.807, 2.05) is 0 Å². The van der Waals surface area contributed by atoms with Crippen LogP contribution in [0, 0.1) is 5.92 Å². The number of aromatic nitrogens is 2. The average Bonchev–Trinajstić information content (AvgIpc) is 2.89. The smallest absolute Gasteiger partial charge is 0.331 e. The van der Waals surface area contributed by atoms with Crippen molar-refractivity contribution in [3.8, 4) is 0 Å². The number of rotatable bonds is 5. The number of carboxylic acid groups (broad SMARTS) is 1. The molecule has 21 heavy (non-hydrogen) atoms. The zero-order valence-electron chi connectivity index (χ0n) is 12.0. The van der Waals surface area contributed by atoms with E-state index >= 15 is 0 Å². The Labute approximate surface area is 123 Å². The molecule has 0 aliphatic heterocycles. The Balaban J connectivity index is 1.86. The summed E-state index contributed by atoms with van der Waals surface area (Å²) in [4.78, 5) is 23.1. The van der Waals surface area contributed by atoms with Gasteiger partial charge in [0.25, 0.3) is 0 Å². The molecule has 3 N–H and O–H groups in total. The predicted molar refractivity (Wildman–Crippen MR) is 76.6 cm³/mol. The zero-order chi connectivity index (χ0) is 15.2. The molecule has 2 atom stereocenters. The first-order chi connectivity index (χ1) is 10.1. The van der Waals surface area contributed by atoms with Crippen LogP contribution in [0.25, 0.3) is 0 Å². The van der Waals surface area contributed by atoms with E-state index in [4.69, 9.17) is 0 Å². The summed E-state index contributed by atoms with van der Waals surface area (Å²) < 4.78 is 1.50. The SMILES string of the molecule is Cn1cc(C(NC(=O)NCC2CC=CCC2)C(=O)O)cn1. The molecule has 0 saturated heterocycles. The molecule has 2 unspecified atom stereocenters. The highest BCUT2D eigenvalue weighted by atomic mass is 16.4. The minimum absolute atomic E-state index is 0.419. The van der Waals surface area contributed by atoms with Crippen molar-refractivity contribution in [1.29, 1.82) is 0 Å². The van der Waals surface area contributed by atoms with Crippen LogP contribution in [0.4, 0.5) is 4.79 Å². The monoisotopic (exact) mass is 292 g/mol. The summed E-state index contributed by atoms with van der Waals surface area (Å²) in [5.74, 6) is -0.693. The van der Waals surface area contributed by atoms with Crippen molar-refractivity contribution in [2.75, 3.05) is 6.54 Å². The van der Waals surface area contributed by atoms with Crippen molar-refractivity contribution in [1.82, 2.24) is 20.4 Å². The number of carbonyl (C=O) groups is 2. The molecule has 1 aromatic rings. The minimum atomic E-state index is -1.11. The fraction of sp³-hybridized carbons (Fsp3) is 0.500. The number of nitrogens with zero attached hydrogens (tertiary/aromatic N) is 2. The number of hydrogen-bond acceptors (Lipinski definition) is 3. The highest BCUT2D eigenvalue weighted by molar-refractivity contribution is 5.83. The van der Waals surface area contributed by atoms with E-state index < -0.39 is 18.0 Å². The van der Waals surface area contributed by atoms with Crippen LogP contribution < -0.4 is 10.6 Å². The third-order valence-corrected chi connectivity index (χ3v) is 3.51. The van der Waals surface area contributed by atoms with Gasteiger partial charge in [-0.1, -0.05) is 12.2 Å². The molecule has 1 aliphatic carbocycles. The average molecular weight is 292 g/mol. The lowest BCUT2D eigenvalue weighted by Crippen LogP contribution is -2.42. The molecule has 2 amide bonds. The summed E-state index contributed by atoms with van der Waals surface area (Å²) in [7, 11) is 1.69. The Morgan fingerprint density at radius 1 is 1.52 bits per heavy atom. The third kappa shape index (κ3) is 4.34. The van der Waals surface area contributed by atoms with Crippen LogP contribution in [-0.2, 0) is 11.8 Å². The molecule has 1 heterocycles. The Morgan fingerprint density at radius 2 is 2.33 bits per heavy atom. The lowest BCUT2D eigenvalue weighted by molar-refractivity contribution is -0.139. The van der Waals surface area contributed by atoms with Gasteiger partial charge in [-0.05, 0) is 25.2 Å². The van der Waals surface area contributed by atoms with Gasteiger partial charge in [-0.2, -0.15) is 5.10 Å². The lowest BCUT2D eigenvalue weighted by atomic mass is 9.94. The van der Waals surface area contributed by atoms with Crippen molar-refractivity contribution < 1.29 is 14.7 Å². The number of urea groups is 1. The fourth-order valence-electron chi connectivity index (χ4n) is 2.34. The second-order valence-electron chi connectivity index (χ2n) is 5.22. The molecule has 1 aliphatic rings. The quantitative estimate of drug-likeness (QED) is 0.710. The summed E-state index contributed by atoms with van der Waals surface area (Å²) in [6.45, 7) is 0.551. The molecule has 0 aromatic carbocycles. The number of aliphatic carboxylic acids is 1. The van der Waals surface area contributed by atoms with Gasteiger partial charge in [0.2, 0.25) is 0 Å². The van der Waals surface area contributed by atoms with E-state index in [2.05, 4.69) is 27.9 Å². The van der Waals surface area contributed by atoms with Crippen LogP contribution in [0.3, 0.4) is 0 Å². The van der Waals surface area contributed by atoms with Crippen LogP contribution in [0.15, 0.2) is 24.5 Å². The number of aryl methyl sites for hydroxylation is 1. The molecular formula is C14H20N4O3. The van der Waals surface area contributed by atoms with Crippen LogP contribution in [0.5, 0.6) is 0 Å². The maximum absolute atomic E-state index is 11.8. The number of amides is 2. The first-order valence-electron chi connectivity index (χ1n) is 6.97. The molecule has 114 valence electrons. The number of hydrogen-bond donors (Lipinski definition) is 3. The first kappa shape index (κ1) is 15.1. The molecule has 0 fully saturated rings. The summed E-state index contributed by atoms with van der Waals surface area (Å²) >= 11 is 0. The summed E-state index contributed by atoms with van der Waals surface area (Å²) in [6.07, 6.45) is 10.3. The van der Waals surface area contributed by atoms with Crippen molar-refractivity contribution in [2.24, 2.45) is 13.0 Å². The Bertz CT molecular complexity index is 538. The molecule has 1 aromatic heterocycles. The van der Waals surface area contributed by atoms with Crippen LogP contribution in [0.1, 0.15) is 30.9 Å². The highest BCUT2D eigenvalue weighted by Gasteiger charge is 2.23. The van der Waals surface area contributed by atoms with Crippen LogP contribution in [-0.4, -0.2) is 33.4 Å². The lowest BCUT2D eigenvalue weighted by Gasteiger charge is -2.19. The van der Waals surface area contributed by atoms with Crippen molar-refractivity contribution in [3.63, 3.8) is 0 Å². The van der Waals surface area contributed by atoms with Gasteiger partial charge < -0.3 is 15.7 Å². The minimum Gasteiger partial charge on any atom is -0.479 e. The Morgan fingerprint density at radius 3 is 2.90 bits per heavy atom. The van der Waals surface area contributed by atoms with E-state index in [1.165, 1.54) is 10.9 Å². The van der Waals surface area contributed by atoms with E-state index in [-0.39, 0.29) is 0 Å². The van der Waals surface area contributed by atoms with Gasteiger partial charge in [0.05, 0.1) is 6.20 Å². The maximum Gasteiger partial charge on any atom is 0.331 e. The van der Waals surface area contributed by atoms with Gasteiger partial charge in [-0.3, -0.25) is 4.68 Å². The van der Waals surface area contributed by atoms with Gasteiger partial charge in [-0.25, -0.2) is 9.59 Å².